The molecule has 0 radical (unpaired) electrons. The summed E-state index contributed by atoms with van der Waals surface area (Å²) in [7, 11) is 0. The molecule has 0 saturated heterocycles. The van der Waals surface area contributed by atoms with Gasteiger partial charge in [-0.3, -0.25) is 14.4 Å². The summed E-state index contributed by atoms with van der Waals surface area (Å²) in [5.41, 5.74) is 3.71. The van der Waals surface area contributed by atoms with Gasteiger partial charge in [0.1, 0.15) is 10.7 Å². The van der Waals surface area contributed by atoms with Gasteiger partial charge in [0.05, 0.1) is 10.7 Å². The molecule has 0 aromatic heterocycles. The molecule has 0 aliphatic carbocycles. The van der Waals surface area contributed by atoms with Crippen molar-refractivity contribution in [1.29, 1.82) is 0 Å². The van der Waals surface area contributed by atoms with Crippen LogP contribution in [0.2, 0.25) is 5.02 Å². The number of rotatable bonds is 5. The first-order valence-corrected chi connectivity index (χ1v) is 10.8. The van der Waals surface area contributed by atoms with Gasteiger partial charge in [0.2, 0.25) is 0 Å². The Morgan fingerprint density at radius 1 is 0.879 bits per heavy atom. The lowest BCUT2D eigenvalue weighted by Crippen LogP contribution is -2.32. The number of para-hydroxylation sites is 1. The minimum absolute atomic E-state index is 0.0893. The van der Waals surface area contributed by atoms with Crippen molar-refractivity contribution in [2.75, 3.05) is 15.5 Å². The summed E-state index contributed by atoms with van der Waals surface area (Å²) in [5.74, 6) is -1.62. The molecule has 4 rings (SSSR count). The second-order valence-electron chi connectivity index (χ2n) is 7.56. The first-order chi connectivity index (χ1) is 15.8. The van der Waals surface area contributed by atoms with E-state index in [1.165, 1.54) is 0 Å². The highest BCUT2D eigenvalue weighted by Gasteiger charge is 2.39. The quantitative estimate of drug-likeness (QED) is 0.463. The van der Waals surface area contributed by atoms with Crippen molar-refractivity contribution in [3.05, 3.63) is 99.2 Å². The van der Waals surface area contributed by atoms with Crippen LogP contribution in [-0.2, 0) is 9.59 Å². The van der Waals surface area contributed by atoms with Crippen LogP contribution in [0.3, 0.4) is 0 Å². The van der Waals surface area contributed by atoms with Gasteiger partial charge in [0.15, 0.2) is 0 Å². The maximum Gasteiger partial charge on any atom is 0.283 e. The predicted molar refractivity (Wildman–Crippen MR) is 131 cm³/mol. The van der Waals surface area contributed by atoms with E-state index < -0.39 is 11.8 Å². The third-order valence-corrected chi connectivity index (χ3v) is 5.82. The second-order valence-corrected chi connectivity index (χ2v) is 8.35. The molecule has 166 valence electrons. The van der Waals surface area contributed by atoms with Gasteiger partial charge in [-0.1, -0.05) is 59.1 Å². The van der Waals surface area contributed by atoms with Gasteiger partial charge in [-0.15, -0.1) is 0 Å². The van der Waals surface area contributed by atoms with Crippen LogP contribution in [0.15, 0.2) is 77.5 Å². The maximum absolute atomic E-state index is 13.0. The fourth-order valence-corrected chi connectivity index (χ4v) is 3.93. The Labute approximate surface area is 200 Å². The zero-order valence-corrected chi connectivity index (χ0v) is 19.3. The molecule has 0 bridgehead atoms. The smallest absolute Gasteiger partial charge is 0.283 e. The standard InChI is InChI=1S/C25H19Cl2N3O3/c1-14-10-11-19(15(2)12-14)29-23(31)16-6-5-7-17(13-16)28-22-21(27)24(32)30(25(22)33)20-9-4-3-8-18(20)26/h3-13,28H,1-2H3,(H,29,31). The van der Waals surface area contributed by atoms with E-state index in [9.17, 15) is 14.4 Å². The number of anilines is 3. The Kier molecular flexibility index (Phi) is 6.22. The molecule has 2 N–H and O–H groups in total. The summed E-state index contributed by atoms with van der Waals surface area (Å²) in [6.07, 6.45) is 0. The SMILES string of the molecule is Cc1ccc(NC(=O)c2cccc(NC3=C(Cl)C(=O)N(c4ccccc4Cl)C3=O)c2)c(C)c1. The van der Waals surface area contributed by atoms with Gasteiger partial charge < -0.3 is 10.6 Å². The second kappa shape index (κ2) is 9.10. The number of amides is 3. The molecule has 0 fully saturated rings. The molecule has 1 aliphatic rings. The minimum atomic E-state index is -0.680. The number of benzene rings is 3. The van der Waals surface area contributed by atoms with E-state index in [2.05, 4.69) is 10.6 Å². The molecule has 0 atom stereocenters. The van der Waals surface area contributed by atoms with Crippen LogP contribution in [0.4, 0.5) is 17.1 Å². The molecule has 8 heteroatoms. The summed E-state index contributed by atoms with van der Waals surface area (Å²) in [5, 5.41) is 5.75. The van der Waals surface area contributed by atoms with E-state index in [1.54, 1.807) is 48.5 Å². The lowest BCUT2D eigenvalue weighted by atomic mass is 10.1. The molecule has 3 aromatic rings. The van der Waals surface area contributed by atoms with E-state index in [-0.39, 0.29) is 27.3 Å². The number of hydrogen-bond acceptors (Lipinski definition) is 4. The van der Waals surface area contributed by atoms with Crippen molar-refractivity contribution in [1.82, 2.24) is 0 Å². The van der Waals surface area contributed by atoms with E-state index in [0.717, 1.165) is 16.0 Å². The molecule has 33 heavy (non-hydrogen) atoms. The molecular formula is C25H19Cl2N3O3. The van der Waals surface area contributed by atoms with Crippen LogP contribution in [0.5, 0.6) is 0 Å². The number of nitrogens with zero attached hydrogens (tertiary/aromatic N) is 1. The third kappa shape index (κ3) is 4.49. The molecule has 1 aliphatic heterocycles. The van der Waals surface area contributed by atoms with Gasteiger partial charge in [-0.25, -0.2) is 4.90 Å². The van der Waals surface area contributed by atoms with Gasteiger partial charge in [0.25, 0.3) is 17.7 Å². The first kappa shape index (κ1) is 22.6. The van der Waals surface area contributed by atoms with Crippen LogP contribution in [0.1, 0.15) is 21.5 Å². The fourth-order valence-electron chi connectivity index (χ4n) is 3.49. The monoisotopic (exact) mass is 479 g/mol. The molecule has 1 heterocycles. The van der Waals surface area contributed by atoms with E-state index in [4.69, 9.17) is 23.2 Å². The van der Waals surface area contributed by atoms with E-state index in [1.807, 2.05) is 32.0 Å². The highest BCUT2D eigenvalue weighted by molar-refractivity contribution is 6.53. The summed E-state index contributed by atoms with van der Waals surface area (Å²) in [4.78, 5) is 39.3. The van der Waals surface area contributed by atoms with Crippen LogP contribution in [0, 0.1) is 13.8 Å². The van der Waals surface area contributed by atoms with Crippen LogP contribution >= 0.6 is 23.2 Å². The number of aryl methyl sites for hydroxylation is 2. The van der Waals surface area contributed by atoms with Gasteiger partial charge in [-0.2, -0.15) is 0 Å². The molecule has 0 saturated carbocycles. The zero-order valence-electron chi connectivity index (χ0n) is 17.8. The number of hydrogen-bond donors (Lipinski definition) is 2. The first-order valence-electron chi connectivity index (χ1n) is 10.0. The largest absolute Gasteiger partial charge is 0.350 e. The number of halogens is 2. The number of carbonyl (C=O) groups is 3. The lowest BCUT2D eigenvalue weighted by molar-refractivity contribution is -0.120. The highest BCUT2D eigenvalue weighted by Crippen LogP contribution is 2.34. The van der Waals surface area contributed by atoms with Crippen molar-refractivity contribution in [2.45, 2.75) is 13.8 Å². The number of nitrogens with one attached hydrogen (secondary N) is 2. The lowest BCUT2D eigenvalue weighted by Gasteiger charge is -2.16. The molecule has 3 aromatic carbocycles. The highest BCUT2D eigenvalue weighted by atomic mass is 35.5. The van der Waals surface area contributed by atoms with Crippen LogP contribution in [-0.4, -0.2) is 17.7 Å². The van der Waals surface area contributed by atoms with E-state index in [0.29, 0.717) is 16.9 Å². The van der Waals surface area contributed by atoms with E-state index >= 15 is 0 Å². The Morgan fingerprint density at radius 2 is 1.64 bits per heavy atom. The third-order valence-electron chi connectivity index (χ3n) is 5.14. The Morgan fingerprint density at radius 3 is 2.36 bits per heavy atom. The average molecular weight is 480 g/mol. The molecular weight excluding hydrogens is 461 g/mol. The fraction of sp³-hybridized carbons (Fsp3) is 0.0800. The van der Waals surface area contributed by atoms with Crippen molar-refractivity contribution in [3.8, 4) is 0 Å². The van der Waals surface area contributed by atoms with Gasteiger partial charge in [0, 0.05) is 16.9 Å². The predicted octanol–water partition coefficient (Wildman–Crippen LogP) is 5.64. The number of imide groups is 1. The topological polar surface area (TPSA) is 78.5 Å². The summed E-state index contributed by atoms with van der Waals surface area (Å²) < 4.78 is 0. The summed E-state index contributed by atoms with van der Waals surface area (Å²) in [6, 6.07) is 18.8. The molecule has 3 amide bonds. The van der Waals surface area contributed by atoms with Crippen molar-refractivity contribution in [3.63, 3.8) is 0 Å². The zero-order chi connectivity index (χ0) is 23.7. The summed E-state index contributed by atoms with van der Waals surface area (Å²) >= 11 is 12.4. The van der Waals surface area contributed by atoms with Crippen molar-refractivity contribution >= 4 is 58.0 Å². The Balaban J connectivity index is 1.56. The number of carbonyl (C=O) groups excluding carboxylic acids is 3. The molecule has 0 unspecified atom stereocenters. The minimum Gasteiger partial charge on any atom is -0.350 e. The molecule has 0 spiro atoms. The average Bonchev–Trinajstić information content (AvgIpc) is 2.99. The van der Waals surface area contributed by atoms with Crippen molar-refractivity contribution in [2.24, 2.45) is 0 Å². The normalized spacial score (nSPS) is 13.5. The Bertz CT molecular complexity index is 1330. The van der Waals surface area contributed by atoms with Gasteiger partial charge in [-0.05, 0) is 55.8 Å². The van der Waals surface area contributed by atoms with Crippen LogP contribution in [0.25, 0.3) is 0 Å². The molecule has 6 nitrogen and oxygen atoms in total. The van der Waals surface area contributed by atoms with Gasteiger partial charge >= 0.3 is 0 Å². The van der Waals surface area contributed by atoms with Crippen LogP contribution < -0.4 is 15.5 Å². The Hall–Kier alpha value is -3.61. The summed E-state index contributed by atoms with van der Waals surface area (Å²) in [6.45, 7) is 3.90. The van der Waals surface area contributed by atoms with Crippen molar-refractivity contribution < 1.29 is 14.4 Å². The maximum atomic E-state index is 13.0.